The first-order chi connectivity index (χ1) is 8.69. The van der Waals surface area contributed by atoms with E-state index in [1.165, 1.54) is 24.0 Å². The molecule has 1 aliphatic carbocycles. The number of hydrogen-bond acceptors (Lipinski definition) is 3. The molecular formula is C15H23NO2. The summed E-state index contributed by atoms with van der Waals surface area (Å²) in [6.07, 6.45) is 2.59. The first-order valence-corrected chi connectivity index (χ1v) is 6.75. The molecule has 0 spiro atoms. The van der Waals surface area contributed by atoms with Crippen LogP contribution in [0.15, 0.2) is 18.2 Å². The molecular weight excluding hydrogens is 226 g/mol. The van der Waals surface area contributed by atoms with Crippen molar-refractivity contribution >= 4 is 0 Å². The minimum absolute atomic E-state index is 0.168. The Hall–Kier alpha value is -1.06. The zero-order valence-electron chi connectivity index (χ0n) is 11.3. The Morgan fingerprint density at radius 2 is 2.22 bits per heavy atom. The van der Waals surface area contributed by atoms with Crippen LogP contribution in [0.1, 0.15) is 30.9 Å². The first kappa shape index (κ1) is 13.4. The van der Waals surface area contributed by atoms with Crippen LogP contribution in [0.2, 0.25) is 0 Å². The highest BCUT2D eigenvalue weighted by Gasteiger charge is 2.20. The highest BCUT2D eigenvalue weighted by atomic mass is 16.5. The summed E-state index contributed by atoms with van der Waals surface area (Å²) in [4.78, 5) is 0. The summed E-state index contributed by atoms with van der Waals surface area (Å²) >= 11 is 0. The van der Waals surface area contributed by atoms with Crippen molar-refractivity contribution < 1.29 is 9.84 Å². The van der Waals surface area contributed by atoms with Gasteiger partial charge in [-0.2, -0.15) is 0 Å². The van der Waals surface area contributed by atoms with Gasteiger partial charge in [0.1, 0.15) is 5.75 Å². The summed E-state index contributed by atoms with van der Waals surface area (Å²) in [5, 5.41) is 12.5. The molecule has 0 amide bonds. The standard InChI is InChI=1S/C15H23NO2/c1-11-3-6-15(18-10-12(2)9-17)13(7-11)8-16-14-4-5-14/h3,6-7,12,14,16-17H,4-5,8-10H2,1-2H3. The van der Waals surface area contributed by atoms with E-state index in [0.29, 0.717) is 12.6 Å². The molecule has 3 nitrogen and oxygen atoms in total. The smallest absolute Gasteiger partial charge is 0.123 e. The lowest BCUT2D eigenvalue weighted by molar-refractivity contribution is 0.173. The van der Waals surface area contributed by atoms with E-state index in [2.05, 4.69) is 24.4 Å². The molecule has 100 valence electrons. The normalized spacial score (nSPS) is 16.6. The number of nitrogens with one attached hydrogen (secondary N) is 1. The molecule has 1 aromatic rings. The summed E-state index contributed by atoms with van der Waals surface area (Å²) in [6.45, 7) is 5.68. The van der Waals surface area contributed by atoms with Crippen LogP contribution in [0, 0.1) is 12.8 Å². The monoisotopic (exact) mass is 249 g/mol. The molecule has 0 saturated heterocycles. The maximum atomic E-state index is 9.02. The Labute approximate surface area is 109 Å². The molecule has 0 radical (unpaired) electrons. The fourth-order valence-corrected chi connectivity index (χ4v) is 1.81. The SMILES string of the molecule is Cc1ccc(OCC(C)CO)c(CNC2CC2)c1. The maximum absolute atomic E-state index is 9.02. The number of aryl methyl sites for hydroxylation is 1. The number of hydrogen-bond donors (Lipinski definition) is 2. The average Bonchev–Trinajstić information content (AvgIpc) is 3.18. The highest BCUT2D eigenvalue weighted by Crippen LogP contribution is 2.24. The van der Waals surface area contributed by atoms with Crippen molar-refractivity contribution in [2.75, 3.05) is 13.2 Å². The minimum atomic E-state index is 0.168. The number of aliphatic hydroxyl groups excluding tert-OH is 1. The van der Waals surface area contributed by atoms with Crippen LogP contribution in [0.25, 0.3) is 0 Å². The predicted molar refractivity (Wildman–Crippen MR) is 72.8 cm³/mol. The zero-order valence-corrected chi connectivity index (χ0v) is 11.3. The fourth-order valence-electron chi connectivity index (χ4n) is 1.81. The molecule has 2 rings (SSSR count). The van der Waals surface area contributed by atoms with Crippen LogP contribution in [-0.2, 0) is 6.54 Å². The van der Waals surface area contributed by atoms with Gasteiger partial charge in [-0.15, -0.1) is 0 Å². The number of benzene rings is 1. The van der Waals surface area contributed by atoms with E-state index in [1.807, 2.05) is 13.0 Å². The summed E-state index contributed by atoms with van der Waals surface area (Å²) < 4.78 is 5.80. The molecule has 3 heteroatoms. The Balaban J connectivity index is 1.97. The lowest BCUT2D eigenvalue weighted by Gasteiger charge is -2.15. The third-order valence-corrected chi connectivity index (χ3v) is 3.21. The van der Waals surface area contributed by atoms with Gasteiger partial charge >= 0.3 is 0 Å². The van der Waals surface area contributed by atoms with E-state index in [4.69, 9.17) is 9.84 Å². The van der Waals surface area contributed by atoms with Gasteiger partial charge in [-0.3, -0.25) is 0 Å². The van der Waals surface area contributed by atoms with Crippen molar-refractivity contribution in [3.05, 3.63) is 29.3 Å². The van der Waals surface area contributed by atoms with Crippen molar-refractivity contribution in [3.8, 4) is 5.75 Å². The first-order valence-electron chi connectivity index (χ1n) is 6.75. The minimum Gasteiger partial charge on any atom is -0.493 e. The molecule has 2 N–H and O–H groups in total. The second-order valence-electron chi connectivity index (χ2n) is 5.37. The quantitative estimate of drug-likeness (QED) is 0.779. The van der Waals surface area contributed by atoms with E-state index in [1.54, 1.807) is 0 Å². The number of rotatable bonds is 7. The van der Waals surface area contributed by atoms with E-state index >= 15 is 0 Å². The van der Waals surface area contributed by atoms with Crippen LogP contribution in [0.3, 0.4) is 0 Å². The van der Waals surface area contributed by atoms with E-state index in [9.17, 15) is 0 Å². The highest BCUT2D eigenvalue weighted by molar-refractivity contribution is 5.37. The van der Waals surface area contributed by atoms with Crippen LogP contribution in [-0.4, -0.2) is 24.4 Å². The molecule has 1 saturated carbocycles. The van der Waals surface area contributed by atoms with Gasteiger partial charge < -0.3 is 15.2 Å². The predicted octanol–water partition coefficient (Wildman–Crippen LogP) is 2.25. The lowest BCUT2D eigenvalue weighted by Crippen LogP contribution is -2.17. The molecule has 18 heavy (non-hydrogen) atoms. The van der Waals surface area contributed by atoms with Gasteiger partial charge in [-0.1, -0.05) is 24.6 Å². The summed E-state index contributed by atoms with van der Waals surface area (Å²) in [6, 6.07) is 6.98. The fraction of sp³-hybridized carbons (Fsp3) is 0.600. The Kier molecular flexibility index (Phi) is 4.61. The molecule has 0 aliphatic heterocycles. The van der Waals surface area contributed by atoms with E-state index < -0.39 is 0 Å². The number of aliphatic hydroxyl groups is 1. The molecule has 1 unspecified atom stereocenters. The second-order valence-corrected chi connectivity index (χ2v) is 5.37. The third kappa shape index (κ3) is 4.00. The van der Waals surface area contributed by atoms with Crippen LogP contribution in [0.4, 0.5) is 0 Å². The van der Waals surface area contributed by atoms with Crippen LogP contribution < -0.4 is 10.1 Å². The van der Waals surface area contributed by atoms with Gasteiger partial charge in [0.05, 0.1) is 6.61 Å². The summed E-state index contributed by atoms with van der Waals surface area (Å²) in [5.74, 6) is 1.12. The van der Waals surface area contributed by atoms with Crippen molar-refractivity contribution in [2.45, 2.75) is 39.3 Å². The van der Waals surface area contributed by atoms with Crippen LogP contribution >= 0.6 is 0 Å². The number of ether oxygens (including phenoxy) is 1. The second kappa shape index (κ2) is 6.21. The maximum Gasteiger partial charge on any atom is 0.123 e. The molecule has 0 bridgehead atoms. The lowest BCUT2D eigenvalue weighted by atomic mass is 10.1. The topological polar surface area (TPSA) is 41.5 Å². The van der Waals surface area contributed by atoms with Gasteiger partial charge in [-0.25, -0.2) is 0 Å². The Bertz CT molecular complexity index is 388. The van der Waals surface area contributed by atoms with Gasteiger partial charge in [0.15, 0.2) is 0 Å². The van der Waals surface area contributed by atoms with E-state index in [0.717, 1.165) is 12.3 Å². The molecule has 1 fully saturated rings. The molecule has 0 heterocycles. The van der Waals surface area contributed by atoms with Gasteiger partial charge in [0.25, 0.3) is 0 Å². The molecule has 1 atom stereocenters. The average molecular weight is 249 g/mol. The van der Waals surface area contributed by atoms with Crippen molar-refractivity contribution in [1.29, 1.82) is 0 Å². The molecule has 0 aromatic heterocycles. The Morgan fingerprint density at radius 3 is 2.89 bits per heavy atom. The van der Waals surface area contributed by atoms with Gasteiger partial charge in [0.2, 0.25) is 0 Å². The largest absolute Gasteiger partial charge is 0.493 e. The van der Waals surface area contributed by atoms with Crippen LogP contribution in [0.5, 0.6) is 5.75 Å². The van der Waals surface area contributed by atoms with Gasteiger partial charge in [-0.05, 0) is 25.8 Å². The van der Waals surface area contributed by atoms with Gasteiger partial charge in [0, 0.05) is 30.7 Å². The zero-order chi connectivity index (χ0) is 13.0. The van der Waals surface area contributed by atoms with Crippen molar-refractivity contribution in [1.82, 2.24) is 5.32 Å². The Morgan fingerprint density at radius 1 is 1.44 bits per heavy atom. The summed E-state index contributed by atoms with van der Waals surface area (Å²) in [7, 11) is 0. The molecule has 1 aliphatic rings. The summed E-state index contributed by atoms with van der Waals surface area (Å²) in [5.41, 5.74) is 2.47. The van der Waals surface area contributed by atoms with Crippen molar-refractivity contribution in [2.24, 2.45) is 5.92 Å². The van der Waals surface area contributed by atoms with E-state index in [-0.39, 0.29) is 12.5 Å². The third-order valence-electron chi connectivity index (χ3n) is 3.21. The van der Waals surface area contributed by atoms with Crippen molar-refractivity contribution in [3.63, 3.8) is 0 Å². The molecule has 1 aromatic carbocycles.